The summed E-state index contributed by atoms with van der Waals surface area (Å²) in [6.07, 6.45) is 0.328. The van der Waals surface area contributed by atoms with Crippen LogP contribution in [0.25, 0.3) is 0 Å². The third-order valence-electron chi connectivity index (χ3n) is 4.53. The molecule has 0 bridgehead atoms. The van der Waals surface area contributed by atoms with Crippen molar-refractivity contribution in [2.24, 2.45) is 5.73 Å². The number of anilines is 1. The molecular formula is C22H20Cl2N2O3S. The van der Waals surface area contributed by atoms with E-state index in [-0.39, 0.29) is 4.90 Å². The van der Waals surface area contributed by atoms with Gasteiger partial charge >= 0.3 is 0 Å². The quantitative estimate of drug-likeness (QED) is 0.557. The number of primary amides is 1. The maximum absolute atomic E-state index is 13.4. The average molecular weight is 463 g/mol. The number of carbonyl (C=O) groups excluding carboxylic acids is 1. The Balaban J connectivity index is 2.15. The second-order valence-electron chi connectivity index (χ2n) is 6.84. The highest BCUT2D eigenvalue weighted by molar-refractivity contribution is 7.92. The molecule has 0 unspecified atom stereocenters. The molecule has 0 spiro atoms. The molecule has 3 rings (SSSR count). The molecule has 1 amide bonds. The topological polar surface area (TPSA) is 80.5 Å². The Morgan fingerprint density at radius 1 is 0.967 bits per heavy atom. The smallest absolute Gasteiger partial charge is 0.264 e. The lowest BCUT2D eigenvalue weighted by Gasteiger charge is -2.26. The summed E-state index contributed by atoms with van der Waals surface area (Å²) in [6, 6.07) is 18.6. The van der Waals surface area contributed by atoms with Gasteiger partial charge in [-0.1, -0.05) is 53.5 Å². The Labute approximate surface area is 186 Å². The predicted octanol–water partition coefficient (Wildman–Crippen LogP) is 4.57. The lowest BCUT2D eigenvalue weighted by molar-refractivity contribution is -0.116. The molecule has 5 nitrogen and oxygen atoms in total. The number of aryl methyl sites for hydroxylation is 1. The Hall–Kier alpha value is -2.54. The number of sulfonamides is 1. The van der Waals surface area contributed by atoms with E-state index in [1.54, 1.807) is 49.4 Å². The van der Waals surface area contributed by atoms with E-state index in [0.717, 1.165) is 15.4 Å². The van der Waals surface area contributed by atoms with Crippen molar-refractivity contribution < 1.29 is 13.2 Å². The predicted molar refractivity (Wildman–Crippen MR) is 121 cm³/mol. The molecular weight excluding hydrogens is 443 g/mol. The minimum absolute atomic E-state index is 0.0717. The highest BCUT2D eigenvalue weighted by atomic mass is 35.5. The van der Waals surface area contributed by atoms with E-state index in [4.69, 9.17) is 28.9 Å². The van der Waals surface area contributed by atoms with Crippen LogP contribution in [0, 0.1) is 6.92 Å². The van der Waals surface area contributed by atoms with E-state index in [0.29, 0.717) is 27.7 Å². The second-order valence-corrected chi connectivity index (χ2v) is 9.54. The highest BCUT2D eigenvalue weighted by Gasteiger charge is 2.28. The van der Waals surface area contributed by atoms with Crippen LogP contribution >= 0.6 is 23.2 Å². The fraction of sp³-hybridized carbons (Fsp3) is 0.136. The number of benzene rings is 3. The van der Waals surface area contributed by atoms with Crippen molar-refractivity contribution >= 4 is 44.8 Å². The zero-order chi connectivity index (χ0) is 21.9. The van der Waals surface area contributed by atoms with Gasteiger partial charge in [0, 0.05) is 16.5 Å². The molecule has 30 heavy (non-hydrogen) atoms. The Morgan fingerprint density at radius 2 is 1.70 bits per heavy atom. The summed E-state index contributed by atoms with van der Waals surface area (Å²) in [4.78, 5) is 11.9. The van der Waals surface area contributed by atoms with Crippen molar-refractivity contribution in [1.82, 2.24) is 0 Å². The summed E-state index contributed by atoms with van der Waals surface area (Å²) in [5.41, 5.74) is 7.90. The van der Waals surface area contributed by atoms with Gasteiger partial charge in [0.2, 0.25) is 5.91 Å². The van der Waals surface area contributed by atoms with Crippen molar-refractivity contribution in [3.63, 3.8) is 0 Å². The molecule has 3 aromatic carbocycles. The number of hydrogen-bond acceptors (Lipinski definition) is 3. The minimum Gasteiger partial charge on any atom is -0.368 e. The molecule has 0 saturated heterocycles. The fourth-order valence-corrected chi connectivity index (χ4v) is 5.10. The zero-order valence-corrected chi connectivity index (χ0v) is 18.5. The van der Waals surface area contributed by atoms with Crippen LogP contribution in [0.2, 0.25) is 10.0 Å². The number of hydrogen-bond donors (Lipinski definition) is 1. The molecule has 8 heteroatoms. The van der Waals surface area contributed by atoms with Gasteiger partial charge in [-0.25, -0.2) is 8.42 Å². The van der Waals surface area contributed by atoms with E-state index in [9.17, 15) is 13.2 Å². The largest absolute Gasteiger partial charge is 0.368 e. The van der Waals surface area contributed by atoms with Crippen LogP contribution in [0.3, 0.4) is 0 Å². The zero-order valence-electron chi connectivity index (χ0n) is 16.2. The van der Waals surface area contributed by atoms with Crippen molar-refractivity contribution in [1.29, 1.82) is 0 Å². The van der Waals surface area contributed by atoms with Gasteiger partial charge < -0.3 is 5.73 Å². The van der Waals surface area contributed by atoms with E-state index in [1.807, 2.05) is 18.2 Å². The summed E-state index contributed by atoms with van der Waals surface area (Å²) in [6.45, 7) is 1.29. The molecule has 0 aliphatic rings. The van der Waals surface area contributed by atoms with E-state index < -0.39 is 22.5 Å². The van der Waals surface area contributed by atoms with Gasteiger partial charge in [0.05, 0.1) is 10.6 Å². The van der Waals surface area contributed by atoms with Gasteiger partial charge in [-0.3, -0.25) is 9.10 Å². The molecule has 0 aliphatic carbocycles. The highest BCUT2D eigenvalue weighted by Crippen LogP contribution is 2.32. The first kappa shape index (κ1) is 22.2. The van der Waals surface area contributed by atoms with Crippen LogP contribution in [0.1, 0.15) is 16.7 Å². The molecule has 0 radical (unpaired) electrons. The molecule has 0 atom stereocenters. The lowest BCUT2D eigenvalue weighted by atomic mass is 10.0. The van der Waals surface area contributed by atoms with Crippen LogP contribution < -0.4 is 10.0 Å². The van der Waals surface area contributed by atoms with Crippen LogP contribution in [0.15, 0.2) is 71.6 Å². The maximum atomic E-state index is 13.4. The Bertz CT molecular complexity index is 1200. The van der Waals surface area contributed by atoms with E-state index in [1.165, 1.54) is 6.07 Å². The summed E-state index contributed by atoms with van der Waals surface area (Å²) >= 11 is 12.5. The average Bonchev–Trinajstić information content (AvgIpc) is 2.68. The first-order valence-electron chi connectivity index (χ1n) is 9.08. The molecule has 2 N–H and O–H groups in total. The number of rotatable bonds is 7. The molecule has 0 fully saturated rings. The molecule has 0 aliphatic heterocycles. The van der Waals surface area contributed by atoms with Crippen LogP contribution in [-0.4, -0.2) is 20.9 Å². The second kappa shape index (κ2) is 9.08. The number of amides is 1. The van der Waals surface area contributed by atoms with Crippen molar-refractivity contribution in [2.45, 2.75) is 18.2 Å². The van der Waals surface area contributed by atoms with Crippen LogP contribution in [0.5, 0.6) is 0 Å². The van der Waals surface area contributed by atoms with E-state index >= 15 is 0 Å². The molecule has 156 valence electrons. The molecule has 0 heterocycles. The maximum Gasteiger partial charge on any atom is 0.264 e. The van der Waals surface area contributed by atoms with Crippen molar-refractivity contribution in [3.8, 4) is 0 Å². The van der Waals surface area contributed by atoms with Gasteiger partial charge in [0.25, 0.3) is 10.0 Å². The van der Waals surface area contributed by atoms with Gasteiger partial charge in [-0.05, 0) is 60.0 Å². The third-order valence-corrected chi connectivity index (χ3v) is 6.89. The normalized spacial score (nSPS) is 11.3. The monoisotopic (exact) mass is 462 g/mol. The number of carbonyl (C=O) groups is 1. The number of halogens is 2. The summed E-state index contributed by atoms with van der Waals surface area (Å²) in [7, 11) is -4.05. The molecule has 3 aromatic rings. The molecule has 0 aromatic heterocycles. The van der Waals surface area contributed by atoms with Gasteiger partial charge in [0.15, 0.2) is 0 Å². The first-order chi connectivity index (χ1) is 14.2. The summed E-state index contributed by atoms with van der Waals surface area (Å²) in [5.74, 6) is -0.773. The van der Waals surface area contributed by atoms with Crippen molar-refractivity contribution in [3.05, 3.63) is 93.5 Å². The fourth-order valence-electron chi connectivity index (χ4n) is 3.13. The lowest BCUT2D eigenvalue weighted by Crippen LogP contribution is -2.39. The van der Waals surface area contributed by atoms with Gasteiger partial charge in [-0.2, -0.15) is 0 Å². The number of nitrogens with two attached hydrogens (primary N) is 1. The Kier molecular flexibility index (Phi) is 6.71. The third kappa shape index (κ3) is 4.95. The van der Waals surface area contributed by atoms with Gasteiger partial charge in [-0.15, -0.1) is 0 Å². The molecule has 0 saturated carbocycles. The minimum atomic E-state index is -4.05. The van der Waals surface area contributed by atoms with Gasteiger partial charge in [0.1, 0.15) is 6.54 Å². The standard InChI is InChI=1S/C22H20Cl2N2O3S/c1-15-5-4-7-19(11-15)30(28,29)26(14-22(25)27)21-10-9-18(23)13-17(21)12-16-6-2-3-8-20(16)24/h2-11,13H,12,14H2,1H3,(H2,25,27). The summed E-state index contributed by atoms with van der Waals surface area (Å²) < 4.78 is 27.9. The Morgan fingerprint density at radius 3 is 2.37 bits per heavy atom. The van der Waals surface area contributed by atoms with E-state index in [2.05, 4.69) is 0 Å². The first-order valence-corrected chi connectivity index (χ1v) is 11.3. The van der Waals surface area contributed by atoms with Crippen molar-refractivity contribution in [2.75, 3.05) is 10.8 Å². The van der Waals surface area contributed by atoms with Crippen LogP contribution in [-0.2, 0) is 21.2 Å². The van der Waals surface area contributed by atoms with Crippen LogP contribution in [0.4, 0.5) is 5.69 Å². The SMILES string of the molecule is Cc1cccc(S(=O)(=O)N(CC(N)=O)c2ccc(Cl)cc2Cc2ccccc2Cl)c1. The number of nitrogens with zero attached hydrogens (tertiary/aromatic N) is 1. The summed E-state index contributed by atoms with van der Waals surface area (Å²) in [5, 5.41) is 0.985.